The van der Waals surface area contributed by atoms with E-state index in [1.807, 2.05) is 0 Å². The molecule has 2 aromatic carbocycles. The molecule has 19 heavy (non-hydrogen) atoms. The predicted octanol–water partition coefficient (Wildman–Crippen LogP) is 3.46. The van der Waals surface area contributed by atoms with Gasteiger partial charge in [-0.1, -0.05) is 6.07 Å². The van der Waals surface area contributed by atoms with E-state index < -0.39 is 18.8 Å². The Bertz CT molecular complexity index is 679. The van der Waals surface area contributed by atoms with Gasteiger partial charge in [0.2, 0.25) is 0 Å². The fraction of sp³-hybridized carbons (Fsp3) is 0.143. The standard InChI is InChI=1S/C14H14F2NOP/c1-19(2,18)14-7-9(3-6-13(14)17)11-5-4-10(15)8-12(11)16/h3-8H,17H2,1-2H3. The number of nitrogen functional groups attached to an aromatic ring is 1. The van der Waals surface area contributed by atoms with Crippen molar-refractivity contribution in [3.8, 4) is 11.1 Å². The van der Waals surface area contributed by atoms with E-state index in [2.05, 4.69) is 0 Å². The maximum atomic E-state index is 13.7. The molecule has 0 radical (unpaired) electrons. The van der Waals surface area contributed by atoms with Gasteiger partial charge in [0, 0.05) is 22.6 Å². The zero-order valence-electron chi connectivity index (χ0n) is 10.7. The van der Waals surface area contributed by atoms with E-state index in [0.717, 1.165) is 6.07 Å². The summed E-state index contributed by atoms with van der Waals surface area (Å²) >= 11 is 0. The van der Waals surface area contributed by atoms with Crippen molar-refractivity contribution in [2.45, 2.75) is 0 Å². The molecule has 2 aromatic rings. The maximum Gasteiger partial charge on any atom is 0.133 e. The van der Waals surface area contributed by atoms with Crippen molar-refractivity contribution in [3.05, 3.63) is 48.0 Å². The van der Waals surface area contributed by atoms with Crippen LogP contribution in [0.2, 0.25) is 0 Å². The van der Waals surface area contributed by atoms with Crippen LogP contribution in [0.5, 0.6) is 0 Å². The van der Waals surface area contributed by atoms with E-state index in [4.69, 9.17) is 5.73 Å². The molecular weight excluding hydrogens is 267 g/mol. The highest BCUT2D eigenvalue weighted by molar-refractivity contribution is 7.70. The molecule has 0 saturated carbocycles. The van der Waals surface area contributed by atoms with Crippen LogP contribution in [0.3, 0.4) is 0 Å². The van der Waals surface area contributed by atoms with Crippen LogP contribution in [0.4, 0.5) is 14.5 Å². The lowest BCUT2D eigenvalue weighted by atomic mass is 10.0. The lowest BCUT2D eigenvalue weighted by Crippen LogP contribution is -2.10. The van der Waals surface area contributed by atoms with Gasteiger partial charge in [-0.25, -0.2) is 8.78 Å². The fourth-order valence-corrected chi connectivity index (χ4v) is 3.05. The van der Waals surface area contributed by atoms with E-state index in [1.54, 1.807) is 31.5 Å². The summed E-state index contributed by atoms with van der Waals surface area (Å²) in [5.74, 6) is -1.29. The summed E-state index contributed by atoms with van der Waals surface area (Å²) in [6, 6.07) is 8.19. The summed E-state index contributed by atoms with van der Waals surface area (Å²) in [7, 11) is -2.55. The topological polar surface area (TPSA) is 43.1 Å². The first-order valence-electron chi connectivity index (χ1n) is 5.69. The lowest BCUT2D eigenvalue weighted by Gasteiger charge is -2.13. The van der Waals surface area contributed by atoms with Crippen molar-refractivity contribution >= 4 is 18.1 Å². The highest BCUT2D eigenvalue weighted by Crippen LogP contribution is 2.38. The van der Waals surface area contributed by atoms with E-state index in [-0.39, 0.29) is 5.56 Å². The zero-order chi connectivity index (χ0) is 14.2. The minimum absolute atomic E-state index is 0.260. The van der Waals surface area contributed by atoms with Crippen LogP contribution in [0, 0.1) is 11.6 Å². The van der Waals surface area contributed by atoms with Gasteiger partial charge < -0.3 is 10.3 Å². The van der Waals surface area contributed by atoms with Gasteiger partial charge in [0.25, 0.3) is 0 Å². The largest absolute Gasteiger partial charge is 0.398 e. The van der Waals surface area contributed by atoms with Gasteiger partial charge in [0.15, 0.2) is 0 Å². The molecule has 0 heterocycles. The van der Waals surface area contributed by atoms with Crippen molar-refractivity contribution in [1.29, 1.82) is 0 Å². The molecule has 0 atom stereocenters. The molecule has 100 valence electrons. The molecule has 0 aliphatic rings. The first kappa shape index (κ1) is 13.8. The smallest absolute Gasteiger partial charge is 0.133 e. The van der Waals surface area contributed by atoms with Gasteiger partial charge in [-0.15, -0.1) is 0 Å². The van der Waals surface area contributed by atoms with Crippen molar-refractivity contribution in [2.75, 3.05) is 19.1 Å². The monoisotopic (exact) mass is 281 g/mol. The molecule has 0 fully saturated rings. The highest BCUT2D eigenvalue weighted by atomic mass is 31.2. The summed E-state index contributed by atoms with van der Waals surface area (Å²) in [6.45, 7) is 3.20. The number of halogens is 2. The minimum Gasteiger partial charge on any atom is -0.398 e. The molecule has 0 aromatic heterocycles. The average molecular weight is 281 g/mol. The number of hydrogen-bond acceptors (Lipinski definition) is 2. The molecule has 0 unspecified atom stereocenters. The summed E-state index contributed by atoms with van der Waals surface area (Å²) in [5.41, 5.74) is 7.00. The number of benzene rings is 2. The molecule has 0 bridgehead atoms. The Morgan fingerprint density at radius 2 is 1.74 bits per heavy atom. The third-order valence-electron chi connectivity index (χ3n) is 2.85. The molecule has 2 nitrogen and oxygen atoms in total. The second kappa shape index (κ2) is 4.78. The summed E-state index contributed by atoms with van der Waals surface area (Å²) in [5, 5.41) is 0.508. The van der Waals surface area contributed by atoms with E-state index in [0.29, 0.717) is 16.6 Å². The van der Waals surface area contributed by atoms with Crippen LogP contribution in [-0.4, -0.2) is 13.3 Å². The number of rotatable bonds is 2. The molecule has 0 aliphatic carbocycles. The normalized spacial score (nSPS) is 11.6. The van der Waals surface area contributed by atoms with Gasteiger partial charge in [-0.05, 0) is 43.2 Å². The molecule has 0 amide bonds. The molecule has 2 N–H and O–H groups in total. The Morgan fingerprint density at radius 3 is 2.32 bits per heavy atom. The van der Waals surface area contributed by atoms with Crippen LogP contribution in [-0.2, 0) is 4.57 Å². The second-order valence-electron chi connectivity index (χ2n) is 4.75. The van der Waals surface area contributed by atoms with Crippen molar-refractivity contribution < 1.29 is 13.3 Å². The van der Waals surface area contributed by atoms with Crippen molar-refractivity contribution in [2.24, 2.45) is 0 Å². The highest BCUT2D eigenvalue weighted by Gasteiger charge is 2.16. The van der Waals surface area contributed by atoms with Gasteiger partial charge in [0.05, 0.1) is 0 Å². The van der Waals surface area contributed by atoms with Crippen molar-refractivity contribution in [1.82, 2.24) is 0 Å². The van der Waals surface area contributed by atoms with Gasteiger partial charge >= 0.3 is 0 Å². The Morgan fingerprint density at radius 1 is 1.05 bits per heavy atom. The van der Waals surface area contributed by atoms with Crippen molar-refractivity contribution in [3.63, 3.8) is 0 Å². The third kappa shape index (κ3) is 2.85. The van der Waals surface area contributed by atoms with Crippen LogP contribution in [0.25, 0.3) is 11.1 Å². The second-order valence-corrected chi connectivity index (χ2v) is 7.93. The first-order valence-corrected chi connectivity index (χ1v) is 8.29. The molecule has 0 spiro atoms. The lowest BCUT2D eigenvalue weighted by molar-refractivity contribution is 0.585. The Kier molecular flexibility index (Phi) is 3.46. The van der Waals surface area contributed by atoms with Crippen LogP contribution in [0.15, 0.2) is 36.4 Å². The molecular formula is C14H14F2NOP. The third-order valence-corrected chi connectivity index (χ3v) is 4.40. The molecule has 2 rings (SSSR count). The summed E-state index contributed by atoms with van der Waals surface area (Å²) < 4.78 is 38.7. The van der Waals surface area contributed by atoms with Gasteiger partial charge in [-0.3, -0.25) is 0 Å². The number of hydrogen-bond donors (Lipinski definition) is 1. The SMILES string of the molecule is CP(C)(=O)c1cc(-c2ccc(F)cc2F)ccc1N. The van der Waals surface area contributed by atoms with Crippen LogP contribution < -0.4 is 11.0 Å². The maximum absolute atomic E-state index is 13.7. The minimum atomic E-state index is -2.55. The fourth-order valence-electron chi connectivity index (χ4n) is 1.90. The number of nitrogens with two attached hydrogens (primary N) is 1. The van der Waals surface area contributed by atoms with Gasteiger partial charge in [0.1, 0.15) is 18.8 Å². The Hall–Kier alpha value is -1.67. The summed E-state index contributed by atoms with van der Waals surface area (Å²) in [6.07, 6.45) is 0. The molecule has 0 aliphatic heterocycles. The average Bonchev–Trinajstić information content (AvgIpc) is 2.29. The quantitative estimate of drug-likeness (QED) is 0.676. The van der Waals surface area contributed by atoms with Crippen LogP contribution >= 0.6 is 7.14 Å². The zero-order valence-corrected chi connectivity index (χ0v) is 11.5. The van der Waals surface area contributed by atoms with Gasteiger partial charge in [-0.2, -0.15) is 0 Å². The molecule has 0 saturated heterocycles. The predicted molar refractivity (Wildman–Crippen MR) is 75.3 cm³/mol. The first-order chi connectivity index (χ1) is 8.79. The van der Waals surface area contributed by atoms with E-state index in [9.17, 15) is 13.3 Å². The van der Waals surface area contributed by atoms with E-state index >= 15 is 0 Å². The molecule has 5 heteroatoms. The van der Waals surface area contributed by atoms with Crippen LogP contribution in [0.1, 0.15) is 0 Å². The summed E-state index contributed by atoms with van der Waals surface area (Å²) in [4.78, 5) is 0. The van der Waals surface area contributed by atoms with E-state index in [1.165, 1.54) is 12.1 Å². The Labute approximate surface area is 110 Å². The Balaban J connectivity index is 2.61. The number of anilines is 1.